The van der Waals surface area contributed by atoms with E-state index in [-0.39, 0.29) is 12.3 Å². The van der Waals surface area contributed by atoms with Crippen LogP contribution in [-0.2, 0) is 24.3 Å². The van der Waals surface area contributed by atoms with Crippen LogP contribution in [0.3, 0.4) is 0 Å². The van der Waals surface area contributed by atoms with Crippen molar-refractivity contribution >= 4 is 17.6 Å². The number of carboxylic acid groups (broad SMARTS) is 1. The van der Waals surface area contributed by atoms with Crippen LogP contribution in [0, 0.1) is 0 Å². The molecule has 0 bridgehead atoms. The summed E-state index contributed by atoms with van der Waals surface area (Å²) in [6.45, 7) is 3.77. The summed E-state index contributed by atoms with van der Waals surface area (Å²) < 4.78 is 1.90. The monoisotopic (exact) mass is 368 g/mol. The van der Waals surface area contributed by atoms with Gasteiger partial charge in [0.05, 0.1) is 36.5 Å². The number of aromatic nitrogens is 2. The predicted octanol–water partition coefficient (Wildman–Crippen LogP) is 2.16. The summed E-state index contributed by atoms with van der Waals surface area (Å²) in [5, 5.41) is 13.3. The van der Waals surface area contributed by atoms with Crippen molar-refractivity contribution in [2.75, 3.05) is 24.5 Å². The van der Waals surface area contributed by atoms with Gasteiger partial charge in [-0.15, -0.1) is 0 Å². The molecular weight excluding hydrogens is 344 g/mol. The summed E-state index contributed by atoms with van der Waals surface area (Å²) in [6.07, 6.45) is 2.83. The first-order valence-corrected chi connectivity index (χ1v) is 9.52. The third kappa shape index (κ3) is 3.67. The molecule has 0 atom stereocenters. The van der Waals surface area contributed by atoms with E-state index in [0.717, 1.165) is 35.7 Å². The Balaban J connectivity index is 1.51. The maximum Gasteiger partial charge on any atom is 0.303 e. The van der Waals surface area contributed by atoms with Crippen molar-refractivity contribution in [3.8, 4) is 0 Å². The van der Waals surface area contributed by atoms with E-state index in [1.165, 1.54) is 12.8 Å². The molecule has 1 fully saturated rings. The maximum absolute atomic E-state index is 13.2. The average Bonchev–Trinajstić information content (AvgIpc) is 3.34. The second-order valence-corrected chi connectivity index (χ2v) is 7.18. The van der Waals surface area contributed by atoms with Crippen molar-refractivity contribution in [1.82, 2.24) is 14.7 Å². The minimum absolute atomic E-state index is 0.0528. The minimum Gasteiger partial charge on any atom is -0.481 e. The molecule has 7 heteroatoms. The molecule has 0 saturated carbocycles. The number of carboxylic acids is 1. The van der Waals surface area contributed by atoms with Gasteiger partial charge in [-0.2, -0.15) is 5.10 Å². The molecule has 27 heavy (non-hydrogen) atoms. The number of nitrogens with zero attached hydrogens (tertiary/aromatic N) is 4. The molecule has 0 aliphatic carbocycles. The number of benzene rings is 1. The fourth-order valence-corrected chi connectivity index (χ4v) is 3.92. The maximum atomic E-state index is 13.2. The largest absolute Gasteiger partial charge is 0.481 e. The van der Waals surface area contributed by atoms with Crippen LogP contribution in [0.25, 0.3) is 0 Å². The highest BCUT2D eigenvalue weighted by molar-refractivity contribution is 5.99. The number of aryl methyl sites for hydroxylation is 1. The Hall–Kier alpha value is -2.83. The first-order valence-electron chi connectivity index (χ1n) is 9.52. The first kappa shape index (κ1) is 17.6. The van der Waals surface area contributed by atoms with E-state index in [1.807, 2.05) is 39.9 Å². The van der Waals surface area contributed by atoms with E-state index in [0.29, 0.717) is 26.1 Å². The van der Waals surface area contributed by atoms with Crippen LogP contribution in [0.5, 0.6) is 0 Å². The topological polar surface area (TPSA) is 78.7 Å². The van der Waals surface area contributed by atoms with Crippen LogP contribution < -0.4 is 4.90 Å². The van der Waals surface area contributed by atoms with E-state index in [1.54, 1.807) is 0 Å². The molecule has 2 aliphatic heterocycles. The third-order valence-corrected chi connectivity index (χ3v) is 5.31. The molecule has 4 rings (SSSR count). The molecule has 1 aromatic carbocycles. The van der Waals surface area contributed by atoms with Crippen LogP contribution >= 0.6 is 0 Å². The average molecular weight is 368 g/mol. The summed E-state index contributed by atoms with van der Waals surface area (Å²) in [4.78, 5) is 28.1. The van der Waals surface area contributed by atoms with E-state index in [2.05, 4.69) is 10.00 Å². The Bertz CT molecular complexity index is 855. The molecular formula is C20H24N4O3. The Morgan fingerprint density at radius 2 is 1.85 bits per heavy atom. The highest BCUT2D eigenvalue weighted by atomic mass is 16.4. The zero-order valence-electron chi connectivity index (χ0n) is 15.3. The molecule has 3 heterocycles. The summed E-state index contributed by atoms with van der Waals surface area (Å²) >= 11 is 0. The molecule has 142 valence electrons. The predicted molar refractivity (Wildman–Crippen MR) is 101 cm³/mol. The molecule has 1 saturated heterocycles. The lowest BCUT2D eigenvalue weighted by atomic mass is 10.1. The zero-order chi connectivity index (χ0) is 18.8. The lowest BCUT2D eigenvalue weighted by Crippen LogP contribution is -2.39. The highest BCUT2D eigenvalue weighted by Crippen LogP contribution is 2.27. The number of aliphatic carboxylic acids is 1. The summed E-state index contributed by atoms with van der Waals surface area (Å²) in [5.41, 5.74) is 3.53. The summed E-state index contributed by atoms with van der Waals surface area (Å²) in [7, 11) is 0. The SMILES string of the molecule is O=C(O)CCc1cc2n(n1)CCN(C(=O)c1ccccc1N1CCCC1)C2. The van der Waals surface area contributed by atoms with Crippen molar-refractivity contribution in [2.24, 2.45) is 0 Å². The lowest BCUT2D eigenvalue weighted by molar-refractivity contribution is -0.136. The van der Waals surface area contributed by atoms with Crippen LogP contribution in [-0.4, -0.2) is 51.3 Å². The standard InChI is InChI=1S/C20H24N4O3/c25-19(26)8-7-15-13-16-14-23(11-12-24(16)21-15)20(27)17-5-1-2-6-18(17)22-9-3-4-10-22/h1-2,5-6,13H,3-4,7-12,14H2,(H,25,26). The number of anilines is 1. The molecule has 1 N–H and O–H groups in total. The minimum atomic E-state index is -0.823. The Labute approximate surface area is 158 Å². The van der Waals surface area contributed by atoms with Crippen LogP contribution in [0.2, 0.25) is 0 Å². The van der Waals surface area contributed by atoms with Gasteiger partial charge in [-0.1, -0.05) is 12.1 Å². The van der Waals surface area contributed by atoms with Crippen molar-refractivity contribution in [3.05, 3.63) is 47.3 Å². The fraction of sp³-hybridized carbons (Fsp3) is 0.450. The molecule has 0 radical (unpaired) electrons. The summed E-state index contributed by atoms with van der Waals surface area (Å²) in [6, 6.07) is 9.79. The number of para-hydroxylation sites is 1. The van der Waals surface area contributed by atoms with Gasteiger partial charge in [0.25, 0.3) is 5.91 Å². The fourth-order valence-electron chi connectivity index (χ4n) is 3.92. The number of rotatable bonds is 5. The summed E-state index contributed by atoms with van der Waals surface area (Å²) in [5.74, 6) is -0.770. The van der Waals surface area contributed by atoms with Gasteiger partial charge in [0.1, 0.15) is 0 Å². The number of carbonyl (C=O) groups is 2. The molecule has 2 aliphatic rings. The second-order valence-electron chi connectivity index (χ2n) is 7.18. The third-order valence-electron chi connectivity index (χ3n) is 5.31. The lowest BCUT2D eigenvalue weighted by Gasteiger charge is -2.29. The van der Waals surface area contributed by atoms with E-state index < -0.39 is 5.97 Å². The molecule has 1 aromatic heterocycles. The second kappa shape index (κ2) is 7.42. The Kier molecular flexibility index (Phi) is 4.83. The van der Waals surface area contributed by atoms with Gasteiger partial charge < -0.3 is 14.9 Å². The quantitative estimate of drug-likeness (QED) is 0.875. The Morgan fingerprint density at radius 1 is 1.07 bits per heavy atom. The van der Waals surface area contributed by atoms with Gasteiger partial charge in [0.2, 0.25) is 0 Å². The normalized spacial score (nSPS) is 16.4. The molecule has 0 unspecified atom stereocenters. The number of hydrogen-bond donors (Lipinski definition) is 1. The van der Waals surface area contributed by atoms with Gasteiger partial charge in [0.15, 0.2) is 0 Å². The molecule has 0 spiro atoms. The smallest absolute Gasteiger partial charge is 0.303 e. The number of hydrogen-bond acceptors (Lipinski definition) is 4. The van der Waals surface area contributed by atoms with Crippen molar-refractivity contribution < 1.29 is 14.7 Å². The molecule has 1 amide bonds. The molecule has 2 aromatic rings. The van der Waals surface area contributed by atoms with Crippen LogP contribution in [0.1, 0.15) is 41.0 Å². The van der Waals surface area contributed by atoms with Crippen LogP contribution in [0.15, 0.2) is 30.3 Å². The molecule has 7 nitrogen and oxygen atoms in total. The van der Waals surface area contributed by atoms with E-state index in [9.17, 15) is 9.59 Å². The highest BCUT2D eigenvalue weighted by Gasteiger charge is 2.26. The van der Waals surface area contributed by atoms with Gasteiger partial charge >= 0.3 is 5.97 Å². The van der Waals surface area contributed by atoms with Gasteiger partial charge in [0, 0.05) is 31.7 Å². The van der Waals surface area contributed by atoms with E-state index in [4.69, 9.17) is 5.11 Å². The number of amides is 1. The number of carbonyl (C=O) groups excluding carboxylic acids is 1. The first-order chi connectivity index (χ1) is 13.1. The van der Waals surface area contributed by atoms with E-state index >= 15 is 0 Å². The van der Waals surface area contributed by atoms with Crippen molar-refractivity contribution in [2.45, 2.75) is 38.8 Å². The van der Waals surface area contributed by atoms with Crippen molar-refractivity contribution in [3.63, 3.8) is 0 Å². The van der Waals surface area contributed by atoms with Crippen molar-refractivity contribution in [1.29, 1.82) is 0 Å². The van der Waals surface area contributed by atoms with Crippen LogP contribution in [0.4, 0.5) is 5.69 Å². The van der Waals surface area contributed by atoms with Gasteiger partial charge in [-0.05, 0) is 31.0 Å². The Morgan fingerprint density at radius 3 is 2.63 bits per heavy atom. The number of fused-ring (bicyclic) bond motifs is 1. The van der Waals surface area contributed by atoms with Gasteiger partial charge in [-0.25, -0.2) is 0 Å². The van der Waals surface area contributed by atoms with Gasteiger partial charge in [-0.3, -0.25) is 14.3 Å². The zero-order valence-corrected chi connectivity index (χ0v) is 15.3.